The van der Waals surface area contributed by atoms with E-state index in [9.17, 15) is 4.79 Å². The van der Waals surface area contributed by atoms with Crippen molar-refractivity contribution >= 4 is 23.7 Å². The third-order valence-electron chi connectivity index (χ3n) is 4.97. The molecule has 0 aromatic carbocycles. The first-order chi connectivity index (χ1) is 14.3. The lowest BCUT2D eigenvalue weighted by Crippen LogP contribution is -2.40. The van der Waals surface area contributed by atoms with E-state index in [1.807, 2.05) is 31.7 Å². The number of amides is 1. The van der Waals surface area contributed by atoms with Crippen molar-refractivity contribution in [3.8, 4) is 12.3 Å². The molecule has 30 heavy (non-hydrogen) atoms. The minimum absolute atomic E-state index is 0.0270. The molecule has 1 saturated carbocycles. The summed E-state index contributed by atoms with van der Waals surface area (Å²) in [6.07, 6.45) is 10.0. The summed E-state index contributed by atoms with van der Waals surface area (Å²) in [5.41, 5.74) is 1.11. The summed E-state index contributed by atoms with van der Waals surface area (Å²) >= 11 is 0. The molecule has 4 rings (SSSR count). The molecule has 1 atom stereocenters. The van der Waals surface area contributed by atoms with E-state index in [-0.39, 0.29) is 6.04 Å². The van der Waals surface area contributed by atoms with E-state index >= 15 is 0 Å². The van der Waals surface area contributed by atoms with Crippen LogP contribution in [0.15, 0.2) is 12.3 Å². The van der Waals surface area contributed by atoms with Crippen molar-refractivity contribution in [3.63, 3.8) is 0 Å². The number of aromatic amines is 1. The van der Waals surface area contributed by atoms with E-state index in [1.54, 1.807) is 6.20 Å². The molecule has 2 fully saturated rings. The van der Waals surface area contributed by atoms with Crippen LogP contribution in [0.1, 0.15) is 57.2 Å². The maximum atomic E-state index is 12.0. The molecule has 0 unspecified atom stereocenters. The largest absolute Gasteiger partial charge is 0.444 e. The summed E-state index contributed by atoms with van der Waals surface area (Å²) in [5.74, 6) is 5.05. The first kappa shape index (κ1) is 20.0. The number of nitrogens with one attached hydrogen (secondary N) is 3. The second-order valence-electron chi connectivity index (χ2n) is 8.76. The molecule has 0 radical (unpaired) electrons. The molecule has 0 spiro atoms. The van der Waals surface area contributed by atoms with E-state index in [2.05, 4.69) is 36.7 Å². The van der Waals surface area contributed by atoms with Crippen LogP contribution >= 0.6 is 0 Å². The van der Waals surface area contributed by atoms with Gasteiger partial charge in [-0.25, -0.2) is 9.78 Å². The van der Waals surface area contributed by atoms with Crippen LogP contribution in [0, 0.1) is 12.3 Å². The zero-order valence-corrected chi connectivity index (χ0v) is 17.5. The Bertz CT molecular complexity index is 968. The number of terminal acetylenes is 1. The number of rotatable bonds is 5. The van der Waals surface area contributed by atoms with E-state index in [0.717, 1.165) is 24.5 Å². The van der Waals surface area contributed by atoms with E-state index in [4.69, 9.17) is 11.2 Å². The standard InChI is InChI=1S/C21H27N7O2/c1-5-13-11-22-19(25-18(13)24-17-10-16(26-27-17)14-6-7-14)28-9-8-15(12-28)23-20(29)30-21(2,3)4/h1,10-11,14-15H,6-9,12H2,2-4H3,(H,23,29)(H2,22,24,25,26,27)/t15-/m1/s1. The number of aromatic nitrogens is 4. The zero-order chi connectivity index (χ0) is 21.3. The number of anilines is 3. The molecule has 1 aliphatic carbocycles. The van der Waals surface area contributed by atoms with Gasteiger partial charge in [0.1, 0.15) is 11.4 Å². The van der Waals surface area contributed by atoms with Crippen LogP contribution in [-0.2, 0) is 4.74 Å². The molecule has 1 saturated heterocycles. The number of nitrogens with zero attached hydrogens (tertiary/aromatic N) is 4. The van der Waals surface area contributed by atoms with Crippen molar-refractivity contribution in [2.24, 2.45) is 0 Å². The average Bonchev–Trinajstić information content (AvgIpc) is 3.24. The average molecular weight is 409 g/mol. The molecule has 2 aliphatic rings. The van der Waals surface area contributed by atoms with Crippen LogP contribution < -0.4 is 15.5 Å². The molecule has 2 aromatic rings. The fourth-order valence-corrected chi connectivity index (χ4v) is 3.38. The van der Waals surface area contributed by atoms with Gasteiger partial charge in [0.2, 0.25) is 5.95 Å². The van der Waals surface area contributed by atoms with E-state index in [0.29, 0.717) is 29.8 Å². The smallest absolute Gasteiger partial charge is 0.407 e. The number of ether oxygens (including phenoxy) is 1. The van der Waals surface area contributed by atoms with Crippen LogP contribution in [0.4, 0.5) is 22.4 Å². The van der Waals surface area contributed by atoms with Gasteiger partial charge in [0.25, 0.3) is 0 Å². The van der Waals surface area contributed by atoms with Gasteiger partial charge < -0.3 is 20.3 Å². The summed E-state index contributed by atoms with van der Waals surface area (Å²) in [6, 6.07) is 1.97. The Balaban J connectivity index is 1.42. The van der Waals surface area contributed by atoms with Gasteiger partial charge in [0.05, 0.1) is 23.5 Å². The van der Waals surface area contributed by atoms with Crippen molar-refractivity contribution in [3.05, 3.63) is 23.5 Å². The fraction of sp³-hybridized carbons (Fsp3) is 0.524. The summed E-state index contributed by atoms with van der Waals surface area (Å²) < 4.78 is 5.34. The highest BCUT2D eigenvalue weighted by molar-refractivity contribution is 5.68. The van der Waals surface area contributed by atoms with Crippen LogP contribution in [0.2, 0.25) is 0 Å². The van der Waals surface area contributed by atoms with Crippen LogP contribution in [0.3, 0.4) is 0 Å². The predicted molar refractivity (Wildman–Crippen MR) is 114 cm³/mol. The highest BCUT2D eigenvalue weighted by Gasteiger charge is 2.28. The third kappa shape index (κ3) is 4.82. The maximum Gasteiger partial charge on any atom is 0.407 e. The summed E-state index contributed by atoms with van der Waals surface area (Å²) in [5, 5.41) is 13.5. The van der Waals surface area contributed by atoms with Gasteiger partial charge in [-0.1, -0.05) is 5.92 Å². The molecule has 1 amide bonds. The van der Waals surface area contributed by atoms with Crippen molar-refractivity contribution in [2.75, 3.05) is 23.3 Å². The lowest BCUT2D eigenvalue weighted by molar-refractivity contribution is 0.0509. The first-order valence-corrected chi connectivity index (χ1v) is 10.2. The topological polar surface area (TPSA) is 108 Å². The second kappa shape index (κ2) is 7.86. The van der Waals surface area contributed by atoms with Gasteiger partial charge in [-0.15, -0.1) is 6.42 Å². The molecule has 0 bridgehead atoms. The van der Waals surface area contributed by atoms with Gasteiger partial charge in [-0.05, 0) is 40.0 Å². The third-order valence-corrected chi connectivity index (χ3v) is 4.97. The fourth-order valence-electron chi connectivity index (χ4n) is 3.38. The molecule has 158 valence electrons. The number of carbonyl (C=O) groups is 1. The van der Waals surface area contributed by atoms with Crippen LogP contribution in [-0.4, -0.2) is 51.0 Å². The number of H-pyrrole nitrogens is 1. The van der Waals surface area contributed by atoms with Gasteiger partial charge in [0.15, 0.2) is 5.82 Å². The van der Waals surface area contributed by atoms with Gasteiger partial charge in [-0.2, -0.15) is 10.1 Å². The minimum Gasteiger partial charge on any atom is -0.444 e. The molecular weight excluding hydrogens is 382 g/mol. The second-order valence-corrected chi connectivity index (χ2v) is 8.76. The van der Waals surface area contributed by atoms with Gasteiger partial charge in [0, 0.05) is 25.1 Å². The summed E-state index contributed by atoms with van der Waals surface area (Å²) in [4.78, 5) is 23.1. The molecule has 3 N–H and O–H groups in total. The van der Waals surface area contributed by atoms with E-state index in [1.165, 1.54) is 12.8 Å². The monoisotopic (exact) mass is 409 g/mol. The highest BCUT2D eigenvalue weighted by atomic mass is 16.6. The molecule has 3 heterocycles. The Kier molecular flexibility index (Phi) is 5.24. The van der Waals surface area contributed by atoms with Gasteiger partial charge >= 0.3 is 6.09 Å². The normalized spacial score (nSPS) is 18.7. The Hall–Kier alpha value is -3.28. The molecule has 9 heteroatoms. The van der Waals surface area contributed by atoms with Gasteiger partial charge in [-0.3, -0.25) is 5.10 Å². The lowest BCUT2D eigenvalue weighted by atomic mass is 10.2. The molecule has 9 nitrogen and oxygen atoms in total. The van der Waals surface area contributed by atoms with Crippen LogP contribution in [0.25, 0.3) is 0 Å². The molecule has 1 aliphatic heterocycles. The van der Waals surface area contributed by atoms with Crippen molar-refractivity contribution in [1.29, 1.82) is 0 Å². The SMILES string of the molecule is C#Cc1cnc(N2CC[C@@H](NC(=O)OC(C)(C)C)C2)nc1Nc1cc(C2CC2)n[nH]1. The highest BCUT2D eigenvalue weighted by Crippen LogP contribution is 2.39. The van der Waals surface area contributed by atoms with Crippen LogP contribution in [0.5, 0.6) is 0 Å². The Morgan fingerprint density at radius 3 is 2.87 bits per heavy atom. The number of hydrogen-bond donors (Lipinski definition) is 3. The van der Waals surface area contributed by atoms with E-state index < -0.39 is 11.7 Å². The summed E-state index contributed by atoms with van der Waals surface area (Å²) in [7, 11) is 0. The first-order valence-electron chi connectivity index (χ1n) is 10.2. The molecular formula is C21H27N7O2. The number of alkyl carbamates (subject to hydrolysis) is 1. The zero-order valence-electron chi connectivity index (χ0n) is 17.5. The summed E-state index contributed by atoms with van der Waals surface area (Å²) in [6.45, 7) is 6.86. The number of hydrogen-bond acceptors (Lipinski definition) is 7. The van der Waals surface area contributed by atoms with Crippen molar-refractivity contribution < 1.29 is 9.53 Å². The minimum atomic E-state index is -0.525. The lowest BCUT2D eigenvalue weighted by Gasteiger charge is -2.22. The number of carbonyl (C=O) groups excluding carboxylic acids is 1. The predicted octanol–water partition coefficient (Wildman–Crippen LogP) is 2.91. The Morgan fingerprint density at radius 2 is 2.17 bits per heavy atom. The van der Waals surface area contributed by atoms with Crippen molar-refractivity contribution in [2.45, 2.75) is 57.6 Å². The Labute approximate surface area is 176 Å². The Morgan fingerprint density at radius 1 is 1.37 bits per heavy atom. The van der Waals surface area contributed by atoms with Crippen molar-refractivity contribution in [1.82, 2.24) is 25.5 Å². The molecule has 2 aromatic heterocycles. The maximum absolute atomic E-state index is 12.0. The quantitative estimate of drug-likeness (QED) is 0.652.